The first-order chi connectivity index (χ1) is 6.07. The van der Waals surface area contributed by atoms with Gasteiger partial charge in [0.05, 0.1) is 9.50 Å². The highest BCUT2D eigenvalue weighted by Crippen LogP contribution is 2.36. The minimum absolute atomic E-state index is 0.0446. The van der Waals surface area contributed by atoms with Crippen LogP contribution in [0.5, 0.6) is 5.75 Å². The van der Waals surface area contributed by atoms with Gasteiger partial charge in [0, 0.05) is 0 Å². The molecule has 5 heteroatoms. The first-order valence-corrected chi connectivity index (χ1v) is 4.80. The van der Waals surface area contributed by atoms with Crippen LogP contribution < -0.4 is 5.73 Å². The van der Waals surface area contributed by atoms with E-state index < -0.39 is 5.82 Å². The molecule has 3 N–H and O–H groups in total. The number of hydrogen-bond donors (Lipinski definition) is 2. The molecule has 1 aromatic rings. The minimum Gasteiger partial charge on any atom is -0.506 e. The zero-order valence-corrected chi connectivity index (χ0v) is 8.99. The SMILES string of the molecule is NCCc1cc(F)c(Cl)c(Br)c1O. The van der Waals surface area contributed by atoms with E-state index in [-0.39, 0.29) is 15.2 Å². The van der Waals surface area contributed by atoms with E-state index in [1.165, 1.54) is 6.07 Å². The number of halogens is 3. The van der Waals surface area contributed by atoms with Gasteiger partial charge >= 0.3 is 0 Å². The van der Waals surface area contributed by atoms with Crippen LogP contribution in [-0.4, -0.2) is 11.7 Å². The van der Waals surface area contributed by atoms with Crippen molar-refractivity contribution >= 4 is 27.5 Å². The van der Waals surface area contributed by atoms with Gasteiger partial charge in [-0.3, -0.25) is 0 Å². The molecular weight excluding hydrogens is 260 g/mol. The van der Waals surface area contributed by atoms with Crippen molar-refractivity contribution in [2.45, 2.75) is 6.42 Å². The molecule has 0 aliphatic rings. The highest BCUT2D eigenvalue weighted by molar-refractivity contribution is 9.10. The Kier molecular flexibility index (Phi) is 3.53. The van der Waals surface area contributed by atoms with Crippen molar-refractivity contribution in [2.75, 3.05) is 6.54 Å². The van der Waals surface area contributed by atoms with Gasteiger partial charge in [-0.05, 0) is 40.5 Å². The van der Waals surface area contributed by atoms with Gasteiger partial charge in [0.15, 0.2) is 0 Å². The van der Waals surface area contributed by atoms with Gasteiger partial charge in [-0.15, -0.1) is 0 Å². The summed E-state index contributed by atoms with van der Waals surface area (Å²) in [5.74, 6) is -0.605. The molecule has 0 radical (unpaired) electrons. The topological polar surface area (TPSA) is 46.2 Å². The molecule has 0 heterocycles. The molecule has 0 saturated carbocycles. The van der Waals surface area contributed by atoms with Gasteiger partial charge in [0.25, 0.3) is 0 Å². The molecule has 0 fully saturated rings. The van der Waals surface area contributed by atoms with E-state index in [9.17, 15) is 9.50 Å². The van der Waals surface area contributed by atoms with Gasteiger partial charge in [0.1, 0.15) is 11.6 Å². The molecule has 2 nitrogen and oxygen atoms in total. The maximum Gasteiger partial charge on any atom is 0.143 e. The smallest absolute Gasteiger partial charge is 0.143 e. The van der Waals surface area contributed by atoms with Crippen LogP contribution in [0.3, 0.4) is 0 Å². The largest absolute Gasteiger partial charge is 0.506 e. The zero-order chi connectivity index (χ0) is 10.0. The fraction of sp³-hybridized carbons (Fsp3) is 0.250. The molecule has 0 atom stereocenters. The van der Waals surface area contributed by atoms with E-state index in [0.717, 1.165) is 0 Å². The van der Waals surface area contributed by atoms with E-state index >= 15 is 0 Å². The lowest BCUT2D eigenvalue weighted by molar-refractivity contribution is 0.462. The summed E-state index contributed by atoms with van der Waals surface area (Å²) in [5.41, 5.74) is 5.74. The number of benzene rings is 1. The van der Waals surface area contributed by atoms with Crippen molar-refractivity contribution in [2.24, 2.45) is 5.73 Å². The van der Waals surface area contributed by atoms with Gasteiger partial charge in [0.2, 0.25) is 0 Å². The van der Waals surface area contributed by atoms with Gasteiger partial charge in [-0.25, -0.2) is 4.39 Å². The van der Waals surface area contributed by atoms with Crippen LogP contribution >= 0.6 is 27.5 Å². The van der Waals surface area contributed by atoms with Gasteiger partial charge in [-0.2, -0.15) is 0 Å². The monoisotopic (exact) mass is 267 g/mol. The first kappa shape index (κ1) is 10.8. The van der Waals surface area contributed by atoms with Gasteiger partial charge < -0.3 is 10.8 Å². The third-order valence-electron chi connectivity index (χ3n) is 1.63. The Hall–Kier alpha value is -0.320. The highest BCUT2D eigenvalue weighted by atomic mass is 79.9. The summed E-state index contributed by atoms with van der Waals surface area (Å²) >= 11 is 8.53. The van der Waals surface area contributed by atoms with E-state index in [2.05, 4.69) is 15.9 Å². The van der Waals surface area contributed by atoms with E-state index in [1.54, 1.807) is 0 Å². The Morgan fingerprint density at radius 3 is 2.77 bits per heavy atom. The Balaban J connectivity index is 3.24. The summed E-state index contributed by atoms with van der Waals surface area (Å²) in [6.45, 7) is 0.348. The maximum absolute atomic E-state index is 13.0. The normalized spacial score (nSPS) is 10.5. The second kappa shape index (κ2) is 4.26. The van der Waals surface area contributed by atoms with Crippen molar-refractivity contribution in [3.05, 3.63) is 26.9 Å². The van der Waals surface area contributed by atoms with Gasteiger partial charge in [-0.1, -0.05) is 11.6 Å². The van der Waals surface area contributed by atoms with E-state index in [0.29, 0.717) is 18.5 Å². The van der Waals surface area contributed by atoms with Crippen molar-refractivity contribution < 1.29 is 9.50 Å². The van der Waals surface area contributed by atoms with Crippen molar-refractivity contribution in [3.63, 3.8) is 0 Å². The third kappa shape index (κ3) is 2.13. The average molecular weight is 269 g/mol. The molecular formula is C8H8BrClFNO. The second-order valence-corrected chi connectivity index (χ2v) is 3.70. The standard InChI is InChI=1S/C8H8BrClFNO/c9-6-7(10)5(11)3-4(1-2-12)8(6)13/h3,13H,1-2,12H2. The lowest BCUT2D eigenvalue weighted by Crippen LogP contribution is -2.03. The fourth-order valence-corrected chi connectivity index (χ4v) is 1.57. The van der Waals surface area contributed by atoms with E-state index in [1.807, 2.05) is 0 Å². The van der Waals surface area contributed by atoms with Crippen molar-refractivity contribution in [1.82, 2.24) is 0 Å². The molecule has 0 unspecified atom stereocenters. The number of phenols is 1. The molecule has 1 aromatic carbocycles. The molecule has 0 spiro atoms. The van der Waals surface area contributed by atoms with Crippen LogP contribution in [0.25, 0.3) is 0 Å². The summed E-state index contributed by atoms with van der Waals surface area (Å²) in [4.78, 5) is 0. The summed E-state index contributed by atoms with van der Waals surface area (Å²) in [7, 11) is 0. The Morgan fingerprint density at radius 1 is 1.62 bits per heavy atom. The first-order valence-electron chi connectivity index (χ1n) is 3.63. The summed E-state index contributed by atoms with van der Waals surface area (Å²) in [6.07, 6.45) is 0.415. The number of nitrogens with two attached hydrogens (primary N) is 1. The minimum atomic E-state index is -0.560. The van der Waals surface area contributed by atoms with Crippen LogP contribution in [0.1, 0.15) is 5.56 Å². The number of aromatic hydroxyl groups is 1. The summed E-state index contributed by atoms with van der Waals surface area (Å²) in [5, 5.41) is 9.37. The highest BCUT2D eigenvalue weighted by Gasteiger charge is 2.13. The number of phenolic OH excluding ortho intramolecular Hbond substituents is 1. The third-order valence-corrected chi connectivity index (χ3v) is 3.00. The van der Waals surface area contributed by atoms with Crippen LogP contribution in [-0.2, 0) is 6.42 Å². The van der Waals surface area contributed by atoms with Crippen LogP contribution in [0, 0.1) is 5.82 Å². The molecule has 1 rings (SSSR count). The Labute approximate surface area is 88.6 Å². The quantitative estimate of drug-likeness (QED) is 0.809. The molecule has 13 heavy (non-hydrogen) atoms. The second-order valence-electron chi connectivity index (χ2n) is 2.53. The number of rotatable bonds is 2. The number of hydrogen-bond acceptors (Lipinski definition) is 2. The van der Waals surface area contributed by atoms with Crippen LogP contribution in [0.2, 0.25) is 5.02 Å². The average Bonchev–Trinajstić information content (AvgIpc) is 2.11. The van der Waals surface area contributed by atoms with Crippen molar-refractivity contribution in [3.8, 4) is 5.75 Å². The Bertz CT molecular complexity index is 332. The summed E-state index contributed by atoms with van der Waals surface area (Å²) in [6, 6.07) is 1.19. The molecule has 0 saturated heterocycles. The predicted molar refractivity (Wildman–Crippen MR) is 53.5 cm³/mol. The van der Waals surface area contributed by atoms with Crippen LogP contribution in [0.15, 0.2) is 10.5 Å². The molecule has 0 amide bonds. The maximum atomic E-state index is 13.0. The predicted octanol–water partition coefficient (Wildman–Crippen LogP) is 2.45. The van der Waals surface area contributed by atoms with Crippen LogP contribution in [0.4, 0.5) is 4.39 Å². The summed E-state index contributed by atoms with van der Waals surface area (Å²) < 4.78 is 13.2. The molecule has 0 aromatic heterocycles. The van der Waals surface area contributed by atoms with E-state index in [4.69, 9.17) is 17.3 Å². The molecule has 0 aliphatic carbocycles. The Morgan fingerprint density at radius 2 is 2.23 bits per heavy atom. The fourth-order valence-electron chi connectivity index (χ4n) is 0.981. The molecule has 0 bridgehead atoms. The molecule has 72 valence electrons. The van der Waals surface area contributed by atoms with Crippen molar-refractivity contribution in [1.29, 1.82) is 0 Å². The zero-order valence-electron chi connectivity index (χ0n) is 6.65. The molecule has 0 aliphatic heterocycles. The lowest BCUT2D eigenvalue weighted by atomic mass is 10.1. The lowest BCUT2D eigenvalue weighted by Gasteiger charge is -2.07.